The normalized spacial score (nSPS) is 10.2. The first-order valence-corrected chi connectivity index (χ1v) is 7.19. The number of nitrogens with zero attached hydrogens (tertiary/aromatic N) is 1. The molecule has 0 aliphatic carbocycles. The van der Waals surface area contributed by atoms with Crippen LogP contribution in [0.2, 0.25) is 5.02 Å². The van der Waals surface area contributed by atoms with Crippen molar-refractivity contribution in [2.75, 3.05) is 24.3 Å². The number of halogens is 2. The van der Waals surface area contributed by atoms with E-state index in [0.29, 0.717) is 16.3 Å². The largest absolute Gasteiger partial charge is 0.376 e. The lowest BCUT2D eigenvalue weighted by molar-refractivity contribution is 0.102. The SMILES string of the molecule is CN(C)c1ccc(Cl)cc1NC(=O)c1ccccc1Br. The van der Waals surface area contributed by atoms with Crippen LogP contribution in [0.3, 0.4) is 0 Å². The van der Waals surface area contributed by atoms with E-state index in [-0.39, 0.29) is 5.91 Å². The van der Waals surface area contributed by atoms with Gasteiger partial charge in [-0.05, 0) is 46.3 Å². The maximum Gasteiger partial charge on any atom is 0.256 e. The number of nitrogens with one attached hydrogen (secondary N) is 1. The second-order valence-corrected chi connectivity index (χ2v) is 5.78. The molecule has 0 aliphatic rings. The van der Waals surface area contributed by atoms with Gasteiger partial charge in [-0.3, -0.25) is 4.79 Å². The smallest absolute Gasteiger partial charge is 0.256 e. The van der Waals surface area contributed by atoms with Crippen molar-refractivity contribution in [1.82, 2.24) is 0 Å². The first-order chi connectivity index (χ1) is 9.49. The Hall–Kier alpha value is -1.52. The van der Waals surface area contributed by atoms with E-state index < -0.39 is 0 Å². The molecule has 0 aromatic heterocycles. The standard InChI is InChI=1S/C15H14BrClN2O/c1-19(2)14-8-7-10(17)9-13(14)18-15(20)11-5-3-4-6-12(11)16/h3-9H,1-2H3,(H,18,20). The molecule has 0 heterocycles. The molecule has 1 N–H and O–H groups in total. The van der Waals surface area contributed by atoms with Crippen molar-refractivity contribution in [3.05, 3.63) is 57.5 Å². The van der Waals surface area contributed by atoms with Crippen LogP contribution in [-0.2, 0) is 0 Å². The predicted octanol–water partition coefficient (Wildman–Crippen LogP) is 4.42. The molecule has 0 unspecified atom stereocenters. The maximum absolute atomic E-state index is 12.3. The van der Waals surface area contributed by atoms with Gasteiger partial charge in [-0.2, -0.15) is 0 Å². The van der Waals surface area contributed by atoms with Crippen molar-refractivity contribution in [2.45, 2.75) is 0 Å². The molecule has 0 saturated carbocycles. The van der Waals surface area contributed by atoms with Gasteiger partial charge in [0.05, 0.1) is 16.9 Å². The van der Waals surface area contributed by atoms with Gasteiger partial charge in [0.25, 0.3) is 5.91 Å². The topological polar surface area (TPSA) is 32.3 Å². The highest BCUT2D eigenvalue weighted by Gasteiger charge is 2.13. The first kappa shape index (κ1) is 14.9. The van der Waals surface area contributed by atoms with Gasteiger partial charge in [-0.25, -0.2) is 0 Å². The molecule has 2 aromatic rings. The Morgan fingerprint density at radius 2 is 1.90 bits per heavy atom. The van der Waals surface area contributed by atoms with Crippen LogP contribution in [0.5, 0.6) is 0 Å². The Bertz CT molecular complexity index is 644. The van der Waals surface area contributed by atoms with Crippen LogP contribution in [0.25, 0.3) is 0 Å². The summed E-state index contributed by atoms with van der Waals surface area (Å²) in [6.45, 7) is 0. The van der Waals surface area contributed by atoms with E-state index in [9.17, 15) is 4.79 Å². The Balaban J connectivity index is 2.33. The molecule has 0 radical (unpaired) electrons. The lowest BCUT2D eigenvalue weighted by Crippen LogP contribution is -2.17. The Labute approximate surface area is 131 Å². The number of benzene rings is 2. The molecule has 0 spiro atoms. The summed E-state index contributed by atoms with van der Waals surface area (Å²) in [4.78, 5) is 14.2. The van der Waals surface area contributed by atoms with Crippen molar-refractivity contribution in [1.29, 1.82) is 0 Å². The van der Waals surface area contributed by atoms with Crippen molar-refractivity contribution < 1.29 is 4.79 Å². The number of carbonyl (C=O) groups is 1. The molecule has 1 amide bonds. The van der Waals surface area contributed by atoms with Gasteiger partial charge in [0.2, 0.25) is 0 Å². The summed E-state index contributed by atoms with van der Waals surface area (Å²) in [6, 6.07) is 12.7. The highest BCUT2D eigenvalue weighted by Crippen LogP contribution is 2.28. The number of amides is 1. The summed E-state index contributed by atoms with van der Waals surface area (Å²) in [7, 11) is 3.83. The molecule has 3 nitrogen and oxygen atoms in total. The minimum atomic E-state index is -0.178. The highest BCUT2D eigenvalue weighted by atomic mass is 79.9. The lowest BCUT2D eigenvalue weighted by atomic mass is 10.2. The van der Waals surface area contributed by atoms with Crippen LogP contribution in [0.1, 0.15) is 10.4 Å². The van der Waals surface area contributed by atoms with Gasteiger partial charge in [-0.1, -0.05) is 23.7 Å². The molecule has 5 heteroatoms. The van der Waals surface area contributed by atoms with E-state index in [4.69, 9.17) is 11.6 Å². The van der Waals surface area contributed by atoms with Gasteiger partial charge >= 0.3 is 0 Å². The molecule has 104 valence electrons. The summed E-state index contributed by atoms with van der Waals surface area (Å²) in [6.07, 6.45) is 0. The van der Waals surface area contributed by atoms with E-state index in [1.54, 1.807) is 18.2 Å². The van der Waals surface area contributed by atoms with E-state index in [1.807, 2.05) is 43.3 Å². The number of anilines is 2. The van der Waals surface area contributed by atoms with Crippen LogP contribution < -0.4 is 10.2 Å². The highest BCUT2D eigenvalue weighted by molar-refractivity contribution is 9.10. The van der Waals surface area contributed by atoms with Crippen LogP contribution in [0.15, 0.2) is 46.9 Å². The fraction of sp³-hybridized carbons (Fsp3) is 0.133. The average Bonchev–Trinajstić information content (AvgIpc) is 2.38. The summed E-state index contributed by atoms with van der Waals surface area (Å²) in [5.74, 6) is -0.178. The molecule has 2 aromatic carbocycles. The molecule has 20 heavy (non-hydrogen) atoms. The minimum absolute atomic E-state index is 0.178. The fourth-order valence-corrected chi connectivity index (χ4v) is 2.47. The van der Waals surface area contributed by atoms with E-state index in [0.717, 1.165) is 10.2 Å². The Morgan fingerprint density at radius 3 is 2.55 bits per heavy atom. The Kier molecular flexibility index (Phi) is 4.68. The van der Waals surface area contributed by atoms with Gasteiger partial charge < -0.3 is 10.2 Å². The third kappa shape index (κ3) is 3.32. The predicted molar refractivity (Wildman–Crippen MR) is 87.9 cm³/mol. The maximum atomic E-state index is 12.3. The van der Waals surface area contributed by atoms with Gasteiger partial charge in [0, 0.05) is 23.6 Å². The Morgan fingerprint density at radius 1 is 1.20 bits per heavy atom. The fourth-order valence-electron chi connectivity index (χ4n) is 1.83. The number of hydrogen-bond donors (Lipinski definition) is 1. The first-order valence-electron chi connectivity index (χ1n) is 6.02. The molecule has 2 rings (SSSR count). The van der Waals surface area contributed by atoms with E-state index >= 15 is 0 Å². The molecule has 0 fully saturated rings. The minimum Gasteiger partial charge on any atom is -0.376 e. The van der Waals surface area contributed by atoms with Crippen molar-refractivity contribution in [2.24, 2.45) is 0 Å². The third-order valence-electron chi connectivity index (χ3n) is 2.81. The van der Waals surface area contributed by atoms with Crippen molar-refractivity contribution in [3.8, 4) is 0 Å². The van der Waals surface area contributed by atoms with Gasteiger partial charge in [0.1, 0.15) is 0 Å². The molecule has 0 atom stereocenters. The summed E-state index contributed by atoms with van der Waals surface area (Å²) in [5, 5.41) is 3.48. The number of hydrogen-bond acceptors (Lipinski definition) is 2. The second kappa shape index (κ2) is 6.29. The number of rotatable bonds is 3. The van der Waals surface area contributed by atoms with E-state index in [2.05, 4.69) is 21.2 Å². The zero-order valence-corrected chi connectivity index (χ0v) is 13.5. The third-order valence-corrected chi connectivity index (χ3v) is 3.73. The molecular weight excluding hydrogens is 340 g/mol. The average molecular weight is 354 g/mol. The number of carbonyl (C=O) groups excluding carboxylic acids is 1. The molecular formula is C15H14BrClN2O. The van der Waals surface area contributed by atoms with Crippen LogP contribution in [0.4, 0.5) is 11.4 Å². The van der Waals surface area contributed by atoms with Gasteiger partial charge in [-0.15, -0.1) is 0 Å². The summed E-state index contributed by atoms with van der Waals surface area (Å²) < 4.78 is 0.755. The van der Waals surface area contributed by atoms with Gasteiger partial charge in [0.15, 0.2) is 0 Å². The second-order valence-electron chi connectivity index (χ2n) is 4.49. The van der Waals surface area contributed by atoms with Crippen LogP contribution in [0, 0.1) is 0 Å². The molecule has 0 aliphatic heterocycles. The zero-order chi connectivity index (χ0) is 14.7. The summed E-state index contributed by atoms with van der Waals surface area (Å²) >= 11 is 9.38. The zero-order valence-electron chi connectivity index (χ0n) is 11.2. The van der Waals surface area contributed by atoms with Crippen LogP contribution >= 0.6 is 27.5 Å². The lowest BCUT2D eigenvalue weighted by Gasteiger charge is -2.18. The quantitative estimate of drug-likeness (QED) is 0.886. The van der Waals surface area contributed by atoms with Crippen molar-refractivity contribution >= 4 is 44.8 Å². The van der Waals surface area contributed by atoms with Crippen molar-refractivity contribution in [3.63, 3.8) is 0 Å². The van der Waals surface area contributed by atoms with Crippen LogP contribution in [-0.4, -0.2) is 20.0 Å². The van der Waals surface area contributed by atoms with E-state index in [1.165, 1.54) is 0 Å². The molecule has 0 bridgehead atoms. The molecule has 0 saturated heterocycles. The summed E-state index contributed by atoms with van der Waals surface area (Å²) in [5.41, 5.74) is 2.16. The monoisotopic (exact) mass is 352 g/mol.